The Morgan fingerprint density at radius 3 is 2.81 bits per heavy atom. The van der Waals surface area contributed by atoms with Crippen molar-refractivity contribution in [2.24, 2.45) is 0 Å². The van der Waals surface area contributed by atoms with Crippen LogP contribution < -0.4 is 5.32 Å². The number of hydrogen-bond donors (Lipinski definition) is 2. The summed E-state index contributed by atoms with van der Waals surface area (Å²) in [6, 6.07) is 1.26. The lowest BCUT2D eigenvalue weighted by Crippen LogP contribution is -2.42. The van der Waals surface area contributed by atoms with Crippen LogP contribution in [0.2, 0.25) is 0 Å². The number of nitrogens with zero attached hydrogens (tertiary/aromatic N) is 3. The normalized spacial score (nSPS) is 18.0. The van der Waals surface area contributed by atoms with Gasteiger partial charge in [0.15, 0.2) is 5.82 Å². The molecule has 1 aliphatic rings. The van der Waals surface area contributed by atoms with Gasteiger partial charge in [-0.05, 0) is 38.0 Å². The first-order valence-electron chi connectivity index (χ1n) is 8.05. The van der Waals surface area contributed by atoms with Crippen LogP contribution in [0.15, 0.2) is 18.2 Å². The Morgan fingerprint density at radius 1 is 1.38 bits per heavy atom. The maximum atomic E-state index is 13.8. The molecule has 2 N–H and O–H groups in total. The standard InChI is InChI=1S/C16H17F4N5O/c1-9-21-14(24-23-9)10-3-2-6-25(8-10)15(26)22-13-7-11(16(18,19)20)4-5-12(13)17/h4-5,7,10H,2-3,6,8H2,1H3,(H,22,26)(H,21,23,24)/t10-/m0/s1. The molecule has 0 spiro atoms. The van der Waals surface area contributed by atoms with Crippen LogP contribution in [0.1, 0.15) is 36.0 Å². The fourth-order valence-corrected chi connectivity index (χ4v) is 2.91. The zero-order valence-corrected chi connectivity index (χ0v) is 13.9. The van der Waals surface area contributed by atoms with Crippen LogP contribution in [0.25, 0.3) is 0 Å². The SMILES string of the molecule is Cc1nc([C@H]2CCCN(C(=O)Nc3cc(C(F)(F)F)ccc3F)C2)n[nH]1. The van der Waals surface area contributed by atoms with Gasteiger partial charge in [-0.15, -0.1) is 0 Å². The first-order valence-corrected chi connectivity index (χ1v) is 8.05. The smallest absolute Gasteiger partial charge is 0.324 e. The van der Waals surface area contributed by atoms with E-state index in [0.29, 0.717) is 49.4 Å². The molecule has 1 atom stereocenters. The molecule has 0 aliphatic carbocycles. The minimum absolute atomic E-state index is 0.0780. The van der Waals surface area contributed by atoms with Crippen molar-refractivity contribution in [2.75, 3.05) is 18.4 Å². The van der Waals surface area contributed by atoms with Crippen molar-refractivity contribution in [3.05, 3.63) is 41.2 Å². The first kappa shape index (κ1) is 18.2. The van der Waals surface area contributed by atoms with Crippen molar-refractivity contribution in [1.29, 1.82) is 0 Å². The summed E-state index contributed by atoms with van der Waals surface area (Å²) in [6.45, 7) is 2.50. The Bertz CT molecular complexity index is 804. The second kappa shape index (κ2) is 6.93. The molecule has 1 saturated heterocycles. The van der Waals surface area contributed by atoms with Gasteiger partial charge in [-0.3, -0.25) is 5.10 Å². The van der Waals surface area contributed by atoms with Gasteiger partial charge in [0.1, 0.15) is 11.6 Å². The highest BCUT2D eigenvalue weighted by molar-refractivity contribution is 5.89. The summed E-state index contributed by atoms with van der Waals surface area (Å²) in [5, 5.41) is 9.06. The van der Waals surface area contributed by atoms with Crippen molar-refractivity contribution in [1.82, 2.24) is 20.1 Å². The van der Waals surface area contributed by atoms with Crippen LogP contribution >= 0.6 is 0 Å². The number of carbonyl (C=O) groups is 1. The Hall–Kier alpha value is -2.65. The van der Waals surface area contributed by atoms with E-state index in [2.05, 4.69) is 20.5 Å². The van der Waals surface area contributed by atoms with Crippen LogP contribution in [0.3, 0.4) is 0 Å². The maximum Gasteiger partial charge on any atom is 0.416 e. The number of rotatable bonds is 2. The number of piperidine rings is 1. The summed E-state index contributed by atoms with van der Waals surface area (Å²) in [4.78, 5) is 18.1. The first-order chi connectivity index (χ1) is 12.2. The van der Waals surface area contributed by atoms with Crippen molar-refractivity contribution in [3.63, 3.8) is 0 Å². The van der Waals surface area contributed by atoms with E-state index in [1.807, 2.05) is 0 Å². The average molecular weight is 371 g/mol. The molecule has 1 aromatic carbocycles. The predicted octanol–water partition coefficient (Wildman–Crippen LogP) is 3.68. The van der Waals surface area contributed by atoms with Crippen molar-refractivity contribution in [2.45, 2.75) is 31.9 Å². The number of benzene rings is 1. The van der Waals surface area contributed by atoms with Gasteiger partial charge in [0.2, 0.25) is 0 Å². The van der Waals surface area contributed by atoms with Gasteiger partial charge < -0.3 is 10.2 Å². The molecule has 0 saturated carbocycles. The van der Waals surface area contributed by atoms with E-state index in [4.69, 9.17) is 0 Å². The number of urea groups is 1. The average Bonchev–Trinajstić information content (AvgIpc) is 3.02. The monoisotopic (exact) mass is 371 g/mol. The zero-order chi connectivity index (χ0) is 18.9. The third kappa shape index (κ3) is 3.94. The molecule has 3 rings (SSSR count). The number of H-pyrrole nitrogens is 1. The van der Waals surface area contributed by atoms with Crippen molar-refractivity contribution >= 4 is 11.7 Å². The quantitative estimate of drug-likeness (QED) is 0.791. The van der Waals surface area contributed by atoms with E-state index >= 15 is 0 Å². The summed E-state index contributed by atoms with van der Waals surface area (Å²) >= 11 is 0. The second-order valence-electron chi connectivity index (χ2n) is 6.19. The van der Waals surface area contributed by atoms with E-state index in [0.717, 1.165) is 6.42 Å². The van der Waals surface area contributed by atoms with Crippen LogP contribution in [-0.2, 0) is 6.18 Å². The molecule has 1 aromatic heterocycles. The highest BCUT2D eigenvalue weighted by Crippen LogP contribution is 2.32. The lowest BCUT2D eigenvalue weighted by Gasteiger charge is -2.31. The molecule has 0 radical (unpaired) electrons. The summed E-state index contributed by atoms with van der Waals surface area (Å²) in [5.74, 6) is 0.244. The summed E-state index contributed by atoms with van der Waals surface area (Å²) in [5.41, 5.74) is -1.53. The molecule has 26 heavy (non-hydrogen) atoms. The molecule has 1 fully saturated rings. The summed E-state index contributed by atoms with van der Waals surface area (Å²) in [7, 11) is 0. The second-order valence-corrected chi connectivity index (χ2v) is 6.19. The number of amides is 2. The minimum Gasteiger partial charge on any atom is -0.324 e. The molecule has 140 valence electrons. The molecule has 1 aliphatic heterocycles. The summed E-state index contributed by atoms with van der Waals surface area (Å²) in [6.07, 6.45) is -3.14. The molecule has 2 heterocycles. The van der Waals surface area contributed by atoms with Crippen LogP contribution in [0.4, 0.5) is 28.0 Å². The van der Waals surface area contributed by atoms with Gasteiger partial charge in [0, 0.05) is 19.0 Å². The van der Waals surface area contributed by atoms with Crippen LogP contribution in [0.5, 0.6) is 0 Å². The Balaban J connectivity index is 1.71. The topological polar surface area (TPSA) is 73.9 Å². The molecule has 0 bridgehead atoms. The van der Waals surface area contributed by atoms with Gasteiger partial charge in [0.05, 0.1) is 11.3 Å². The Labute approximate surface area is 146 Å². The lowest BCUT2D eigenvalue weighted by molar-refractivity contribution is -0.137. The molecule has 2 aromatic rings. The number of halogens is 4. The largest absolute Gasteiger partial charge is 0.416 e. The molecular formula is C16H17F4N5O. The Kier molecular flexibility index (Phi) is 4.84. The van der Waals surface area contributed by atoms with Crippen molar-refractivity contribution in [3.8, 4) is 0 Å². The third-order valence-electron chi connectivity index (χ3n) is 4.22. The number of aromatic nitrogens is 3. The lowest BCUT2D eigenvalue weighted by atomic mass is 9.97. The third-order valence-corrected chi connectivity index (χ3v) is 4.22. The van der Waals surface area contributed by atoms with E-state index in [1.54, 1.807) is 6.92 Å². The number of alkyl halides is 3. The van der Waals surface area contributed by atoms with Crippen molar-refractivity contribution < 1.29 is 22.4 Å². The van der Waals surface area contributed by atoms with Gasteiger partial charge in [-0.25, -0.2) is 14.2 Å². The number of hydrogen-bond acceptors (Lipinski definition) is 3. The number of carbonyl (C=O) groups excluding carboxylic acids is 1. The molecule has 2 amide bonds. The number of likely N-dealkylation sites (tertiary alicyclic amines) is 1. The minimum atomic E-state index is -4.62. The molecule has 6 nitrogen and oxygen atoms in total. The fraction of sp³-hybridized carbons (Fsp3) is 0.438. The predicted molar refractivity (Wildman–Crippen MR) is 85.1 cm³/mol. The Morgan fingerprint density at radius 2 is 2.15 bits per heavy atom. The fourth-order valence-electron chi connectivity index (χ4n) is 2.91. The molecule has 0 unspecified atom stereocenters. The number of aryl methyl sites for hydroxylation is 1. The van der Waals surface area contributed by atoms with E-state index in [1.165, 1.54) is 4.90 Å². The maximum absolute atomic E-state index is 13.8. The van der Waals surface area contributed by atoms with Crippen LogP contribution in [0, 0.1) is 12.7 Å². The van der Waals surface area contributed by atoms with E-state index in [9.17, 15) is 22.4 Å². The highest BCUT2D eigenvalue weighted by Gasteiger charge is 2.32. The number of aromatic amines is 1. The number of anilines is 1. The molecular weight excluding hydrogens is 354 g/mol. The van der Waals surface area contributed by atoms with Gasteiger partial charge in [0.25, 0.3) is 0 Å². The van der Waals surface area contributed by atoms with Gasteiger partial charge in [-0.1, -0.05) is 0 Å². The van der Waals surface area contributed by atoms with E-state index in [-0.39, 0.29) is 5.92 Å². The van der Waals surface area contributed by atoms with Gasteiger partial charge in [-0.2, -0.15) is 18.3 Å². The molecule has 10 heteroatoms. The van der Waals surface area contributed by atoms with E-state index < -0.39 is 29.3 Å². The van der Waals surface area contributed by atoms with Gasteiger partial charge >= 0.3 is 12.2 Å². The van der Waals surface area contributed by atoms with Crippen LogP contribution in [-0.4, -0.2) is 39.2 Å². The zero-order valence-electron chi connectivity index (χ0n) is 13.9. The number of nitrogens with one attached hydrogen (secondary N) is 2. The highest BCUT2D eigenvalue weighted by atomic mass is 19.4. The summed E-state index contributed by atoms with van der Waals surface area (Å²) < 4.78 is 52.1.